The van der Waals surface area contributed by atoms with E-state index >= 15 is 0 Å². The predicted molar refractivity (Wildman–Crippen MR) is 179 cm³/mol. The van der Waals surface area contributed by atoms with Gasteiger partial charge in [-0.3, -0.25) is 4.79 Å². The van der Waals surface area contributed by atoms with Crippen molar-refractivity contribution < 1.29 is 33.6 Å². The molecule has 2 N–H and O–H groups in total. The van der Waals surface area contributed by atoms with Crippen molar-refractivity contribution >= 4 is 31.1 Å². The van der Waals surface area contributed by atoms with Crippen molar-refractivity contribution in [1.82, 2.24) is 24.8 Å². The van der Waals surface area contributed by atoms with E-state index in [2.05, 4.69) is 29.9 Å². The second-order valence-electron chi connectivity index (χ2n) is 14.3. The van der Waals surface area contributed by atoms with Crippen molar-refractivity contribution in [1.29, 1.82) is 0 Å². The molecular weight excluding hydrogens is 618 g/mol. The summed E-state index contributed by atoms with van der Waals surface area (Å²) in [6.45, 7) is 14.0. The van der Waals surface area contributed by atoms with Gasteiger partial charge in [-0.15, -0.1) is 0 Å². The summed E-state index contributed by atoms with van der Waals surface area (Å²) in [5.74, 6) is 0.111. The number of carbonyl (C=O) groups excluding carboxylic acids is 1. The lowest BCUT2D eigenvalue weighted by Crippen LogP contribution is -2.46. The molecule has 0 unspecified atom stereocenters. The number of nitrogens with zero attached hydrogens (tertiary/aromatic N) is 4. The van der Waals surface area contributed by atoms with Gasteiger partial charge in [-0.2, -0.15) is 0 Å². The number of carboxylic acid groups (broad SMARTS) is 1. The van der Waals surface area contributed by atoms with Gasteiger partial charge in [0.25, 0.3) is 5.91 Å². The number of nitrogens with one attached hydrogen (secondary N) is 1. The van der Waals surface area contributed by atoms with Gasteiger partial charge in [-0.25, -0.2) is 14.8 Å². The van der Waals surface area contributed by atoms with Gasteiger partial charge in [-0.1, -0.05) is 19.6 Å². The molecule has 0 bridgehead atoms. The first-order valence-electron chi connectivity index (χ1n) is 16.7. The Morgan fingerprint density at radius 1 is 1.11 bits per heavy atom. The minimum Gasteiger partial charge on any atom is -0.493 e. The largest absolute Gasteiger partial charge is 0.493 e. The quantitative estimate of drug-likeness (QED) is 0.187. The highest BCUT2D eigenvalue weighted by Gasteiger charge is 2.35. The molecule has 47 heavy (non-hydrogen) atoms. The zero-order valence-electron chi connectivity index (χ0n) is 28.1. The molecule has 1 aromatic carbocycles. The summed E-state index contributed by atoms with van der Waals surface area (Å²) in [6.07, 6.45) is 3.99. The first kappa shape index (κ1) is 33.4. The molecule has 0 atom stereocenters. The van der Waals surface area contributed by atoms with E-state index in [9.17, 15) is 14.7 Å². The van der Waals surface area contributed by atoms with Gasteiger partial charge < -0.3 is 38.8 Å². The molecule has 3 aromatic rings. The summed E-state index contributed by atoms with van der Waals surface area (Å²) in [7, 11) is -1.33. The number of aromatic nitrogens is 3. The monoisotopic (exact) mass is 665 g/mol. The van der Waals surface area contributed by atoms with Gasteiger partial charge in [0.2, 0.25) is 0 Å². The number of amides is 2. The third-order valence-electron chi connectivity index (χ3n) is 9.41. The van der Waals surface area contributed by atoms with Gasteiger partial charge in [0.1, 0.15) is 30.0 Å². The molecule has 0 spiro atoms. The van der Waals surface area contributed by atoms with E-state index in [4.69, 9.17) is 23.9 Å². The summed E-state index contributed by atoms with van der Waals surface area (Å²) < 4.78 is 26.7. The smallest absolute Gasteiger partial charge is 0.407 e. The van der Waals surface area contributed by atoms with Crippen molar-refractivity contribution in [2.75, 3.05) is 39.5 Å². The van der Waals surface area contributed by atoms with Crippen LogP contribution in [-0.2, 0) is 26.7 Å². The molecule has 2 saturated heterocycles. The molecule has 6 rings (SSSR count). The van der Waals surface area contributed by atoms with E-state index in [0.29, 0.717) is 86.3 Å². The van der Waals surface area contributed by atoms with Gasteiger partial charge in [0.15, 0.2) is 5.79 Å². The fourth-order valence-corrected chi connectivity index (χ4v) is 6.98. The molecule has 2 aromatic heterocycles. The highest BCUT2D eigenvalue weighted by Crippen LogP contribution is 2.41. The van der Waals surface area contributed by atoms with Crippen molar-refractivity contribution in [3.63, 3.8) is 0 Å². The highest BCUT2D eigenvalue weighted by molar-refractivity contribution is 6.76. The Morgan fingerprint density at radius 3 is 2.49 bits per heavy atom. The number of ether oxygens (including phenoxy) is 4. The van der Waals surface area contributed by atoms with Crippen LogP contribution in [0.5, 0.6) is 5.75 Å². The summed E-state index contributed by atoms with van der Waals surface area (Å²) in [6, 6.07) is 6.82. The van der Waals surface area contributed by atoms with Crippen LogP contribution >= 0.6 is 0 Å². The van der Waals surface area contributed by atoms with Gasteiger partial charge in [-0.05, 0) is 69.7 Å². The number of hydrogen-bond acceptors (Lipinski definition) is 8. The number of hydrogen-bond donors (Lipinski definition) is 2. The lowest BCUT2D eigenvalue weighted by atomic mass is 10.0. The number of carbonyl (C=O) groups is 2. The van der Waals surface area contributed by atoms with E-state index in [0.717, 1.165) is 35.7 Å². The topological polar surface area (TPSA) is 137 Å². The third-order valence-corrected chi connectivity index (χ3v) is 11.1. The second-order valence-corrected chi connectivity index (χ2v) is 19.9. The molecular formula is C34H47N5O7Si. The van der Waals surface area contributed by atoms with Crippen molar-refractivity contribution in [2.45, 2.75) is 83.8 Å². The summed E-state index contributed by atoms with van der Waals surface area (Å²) in [5, 5.41) is 12.5. The zero-order chi connectivity index (χ0) is 33.3. The first-order valence-corrected chi connectivity index (χ1v) is 20.4. The number of likely N-dealkylation sites (tertiary alicyclic amines) is 1. The molecule has 4 heterocycles. The van der Waals surface area contributed by atoms with Crippen LogP contribution in [-0.4, -0.2) is 90.2 Å². The maximum Gasteiger partial charge on any atom is 0.407 e. The standard InChI is InChI=1S/C34H47N5O7Si/c1-22-28(32(40)37-25-10-12-38(13-11-25)33(41)42)30-31(39(22)21-43-16-17-47(3,4)5)29(35-20-36-30)26-18-24(34(2)45-14-15-46-34)8-9-27(26)44-19-23-6-7-23/h8-9,18,20,23,25H,6-7,10-17,19,21H2,1-5H3,(H,37,40)(H,41,42). The van der Waals surface area contributed by atoms with E-state index in [1.807, 2.05) is 36.6 Å². The Kier molecular flexibility index (Phi) is 9.61. The summed E-state index contributed by atoms with van der Waals surface area (Å²) in [4.78, 5) is 36.3. The second kappa shape index (κ2) is 13.5. The molecule has 3 aliphatic rings. The normalized spacial score (nSPS) is 18.5. The van der Waals surface area contributed by atoms with Crippen molar-refractivity contribution in [2.24, 2.45) is 5.92 Å². The maximum atomic E-state index is 14.0. The van der Waals surface area contributed by atoms with Crippen LogP contribution in [0.3, 0.4) is 0 Å². The Bertz CT molecular complexity index is 1620. The summed E-state index contributed by atoms with van der Waals surface area (Å²) in [5.41, 5.74) is 4.66. The molecule has 1 saturated carbocycles. The van der Waals surface area contributed by atoms with Crippen LogP contribution in [0.4, 0.5) is 4.79 Å². The van der Waals surface area contributed by atoms with Crippen LogP contribution < -0.4 is 10.1 Å². The highest BCUT2D eigenvalue weighted by atomic mass is 28.3. The Morgan fingerprint density at radius 2 is 1.83 bits per heavy atom. The first-order chi connectivity index (χ1) is 22.4. The number of rotatable bonds is 12. The Hall–Kier alpha value is -3.52. The van der Waals surface area contributed by atoms with Gasteiger partial charge >= 0.3 is 6.09 Å². The SMILES string of the molecule is Cc1c(C(=O)NC2CCN(C(=O)O)CC2)c2ncnc(-c3cc(C4(C)OCCO4)ccc3OCC3CC3)c2n1COCC[Si](C)(C)C. The van der Waals surface area contributed by atoms with Gasteiger partial charge in [0, 0.05) is 50.6 Å². The number of fused-ring (bicyclic) bond motifs is 1. The van der Waals surface area contributed by atoms with Crippen molar-refractivity contribution in [3.05, 3.63) is 41.3 Å². The predicted octanol–water partition coefficient (Wildman–Crippen LogP) is 5.60. The van der Waals surface area contributed by atoms with Crippen LogP contribution in [0.2, 0.25) is 25.7 Å². The van der Waals surface area contributed by atoms with E-state index < -0.39 is 20.0 Å². The molecule has 12 nitrogen and oxygen atoms in total. The molecule has 1 aliphatic carbocycles. The number of piperidine rings is 1. The van der Waals surface area contributed by atoms with Crippen LogP contribution in [0.1, 0.15) is 54.2 Å². The molecule has 2 amide bonds. The molecule has 254 valence electrons. The van der Waals surface area contributed by atoms with Crippen LogP contribution in [0.25, 0.3) is 22.3 Å². The number of benzene rings is 1. The molecule has 0 radical (unpaired) electrons. The maximum absolute atomic E-state index is 14.0. The summed E-state index contributed by atoms with van der Waals surface area (Å²) >= 11 is 0. The zero-order valence-corrected chi connectivity index (χ0v) is 29.1. The van der Waals surface area contributed by atoms with E-state index in [1.165, 1.54) is 11.2 Å². The van der Waals surface area contributed by atoms with Crippen LogP contribution in [0, 0.1) is 12.8 Å². The molecule has 13 heteroatoms. The lowest BCUT2D eigenvalue weighted by Gasteiger charge is -2.30. The lowest BCUT2D eigenvalue weighted by molar-refractivity contribution is -0.149. The van der Waals surface area contributed by atoms with E-state index in [-0.39, 0.29) is 18.7 Å². The third kappa shape index (κ3) is 7.48. The van der Waals surface area contributed by atoms with Crippen molar-refractivity contribution in [3.8, 4) is 17.0 Å². The van der Waals surface area contributed by atoms with Crippen LogP contribution in [0.15, 0.2) is 24.5 Å². The van der Waals surface area contributed by atoms with E-state index in [1.54, 1.807) is 0 Å². The average molecular weight is 666 g/mol. The Labute approximate surface area is 276 Å². The average Bonchev–Trinajstić information content (AvgIpc) is 3.68. The fraction of sp³-hybridized carbons (Fsp3) is 0.588. The minimum absolute atomic E-state index is 0.142. The Balaban J connectivity index is 1.41. The minimum atomic E-state index is -1.33. The molecule has 3 fully saturated rings. The molecule has 2 aliphatic heterocycles. The fourth-order valence-electron chi connectivity index (χ4n) is 6.23. The van der Waals surface area contributed by atoms with Gasteiger partial charge in [0.05, 0.1) is 30.9 Å².